The zero-order chi connectivity index (χ0) is 11.1. The summed E-state index contributed by atoms with van der Waals surface area (Å²) in [7, 11) is 0. The van der Waals surface area contributed by atoms with Gasteiger partial charge in [-0.05, 0) is 25.2 Å². The molecule has 88 valence electrons. The third-order valence-electron chi connectivity index (χ3n) is 3.30. The Morgan fingerprint density at radius 2 is 2.07 bits per heavy atom. The molecule has 0 bridgehead atoms. The van der Waals surface area contributed by atoms with E-state index in [2.05, 4.69) is 5.32 Å². The van der Waals surface area contributed by atoms with Crippen molar-refractivity contribution >= 4 is 5.91 Å². The molecule has 1 rings (SSSR count). The van der Waals surface area contributed by atoms with Gasteiger partial charge in [0.1, 0.15) is 0 Å². The van der Waals surface area contributed by atoms with E-state index in [9.17, 15) is 4.79 Å². The molecular weight excluding hydrogens is 188 g/mol. The molecule has 0 radical (unpaired) electrons. The Morgan fingerprint density at radius 3 is 2.60 bits per heavy atom. The molecule has 1 atom stereocenters. The van der Waals surface area contributed by atoms with Crippen LogP contribution in [0.1, 0.15) is 51.9 Å². The van der Waals surface area contributed by atoms with Gasteiger partial charge in [-0.3, -0.25) is 4.79 Å². The lowest BCUT2D eigenvalue weighted by atomic mass is 9.84. The first-order chi connectivity index (χ1) is 7.27. The van der Waals surface area contributed by atoms with Gasteiger partial charge in [-0.15, -0.1) is 0 Å². The molecule has 0 aromatic carbocycles. The molecule has 1 aliphatic rings. The van der Waals surface area contributed by atoms with Crippen LogP contribution in [0.25, 0.3) is 0 Å². The lowest BCUT2D eigenvalue weighted by molar-refractivity contribution is -0.122. The van der Waals surface area contributed by atoms with Gasteiger partial charge in [0.15, 0.2) is 0 Å². The summed E-state index contributed by atoms with van der Waals surface area (Å²) in [5.74, 6) is 0.781. The summed E-state index contributed by atoms with van der Waals surface area (Å²) in [5, 5.41) is 3.07. The van der Waals surface area contributed by atoms with Crippen molar-refractivity contribution in [1.29, 1.82) is 0 Å². The van der Waals surface area contributed by atoms with Gasteiger partial charge < -0.3 is 11.1 Å². The van der Waals surface area contributed by atoms with Crippen LogP contribution in [0.5, 0.6) is 0 Å². The molecule has 1 aliphatic carbocycles. The highest BCUT2D eigenvalue weighted by atomic mass is 16.1. The van der Waals surface area contributed by atoms with Crippen LogP contribution in [0.15, 0.2) is 0 Å². The van der Waals surface area contributed by atoms with E-state index in [1.54, 1.807) is 0 Å². The lowest BCUT2D eigenvalue weighted by Gasteiger charge is -2.30. The van der Waals surface area contributed by atoms with Gasteiger partial charge in [-0.25, -0.2) is 0 Å². The van der Waals surface area contributed by atoms with E-state index >= 15 is 0 Å². The minimum atomic E-state index is 0.165. The van der Waals surface area contributed by atoms with Gasteiger partial charge >= 0.3 is 0 Å². The third kappa shape index (κ3) is 4.20. The van der Waals surface area contributed by atoms with Crippen molar-refractivity contribution < 1.29 is 4.79 Å². The second-order valence-electron chi connectivity index (χ2n) is 4.56. The van der Waals surface area contributed by atoms with E-state index in [-0.39, 0.29) is 11.9 Å². The summed E-state index contributed by atoms with van der Waals surface area (Å²) in [6.45, 7) is 2.61. The average molecular weight is 212 g/mol. The van der Waals surface area contributed by atoms with E-state index < -0.39 is 0 Å². The average Bonchev–Trinajstić information content (AvgIpc) is 2.27. The number of amides is 1. The molecule has 3 heteroatoms. The van der Waals surface area contributed by atoms with Gasteiger partial charge in [0.25, 0.3) is 0 Å². The van der Waals surface area contributed by atoms with E-state index in [1.165, 1.54) is 32.1 Å². The van der Waals surface area contributed by atoms with E-state index in [1.807, 2.05) is 6.92 Å². The number of carbonyl (C=O) groups is 1. The maximum atomic E-state index is 11.5. The molecule has 1 fully saturated rings. The summed E-state index contributed by atoms with van der Waals surface area (Å²) in [5.41, 5.74) is 5.73. The van der Waals surface area contributed by atoms with Crippen LogP contribution < -0.4 is 11.1 Å². The van der Waals surface area contributed by atoms with Crippen LogP contribution in [0.2, 0.25) is 0 Å². The summed E-state index contributed by atoms with van der Waals surface area (Å²) < 4.78 is 0. The van der Waals surface area contributed by atoms with Crippen LogP contribution in [0.4, 0.5) is 0 Å². The number of nitrogens with one attached hydrogen (secondary N) is 1. The summed E-state index contributed by atoms with van der Waals surface area (Å²) >= 11 is 0. The van der Waals surface area contributed by atoms with Gasteiger partial charge in [0.2, 0.25) is 5.91 Å². The third-order valence-corrected chi connectivity index (χ3v) is 3.30. The minimum Gasteiger partial charge on any atom is -0.352 e. The molecule has 0 spiro atoms. The largest absolute Gasteiger partial charge is 0.352 e. The van der Waals surface area contributed by atoms with Crippen molar-refractivity contribution in [3.63, 3.8) is 0 Å². The van der Waals surface area contributed by atoms with E-state index in [0.29, 0.717) is 18.9 Å². The highest BCUT2D eigenvalue weighted by Crippen LogP contribution is 2.26. The molecule has 15 heavy (non-hydrogen) atoms. The minimum absolute atomic E-state index is 0.165. The van der Waals surface area contributed by atoms with Gasteiger partial charge in [0, 0.05) is 19.0 Å². The maximum absolute atomic E-state index is 11.5. The number of carbonyl (C=O) groups excluding carboxylic acids is 1. The fourth-order valence-electron chi connectivity index (χ4n) is 2.41. The van der Waals surface area contributed by atoms with Gasteiger partial charge in [-0.1, -0.05) is 26.2 Å². The van der Waals surface area contributed by atoms with Crippen molar-refractivity contribution in [2.45, 2.75) is 57.9 Å². The topological polar surface area (TPSA) is 55.1 Å². The molecule has 1 amide bonds. The summed E-state index contributed by atoms with van der Waals surface area (Å²) in [6.07, 6.45) is 7.94. The Kier molecular flexibility index (Phi) is 5.69. The zero-order valence-corrected chi connectivity index (χ0v) is 9.80. The lowest BCUT2D eigenvalue weighted by Crippen LogP contribution is -2.45. The van der Waals surface area contributed by atoms with Crippen LogP contribution in [-0.2, 0) is 4.79 Å². The van der Waals surface area contributed by atoms with Crippen LogP contribution in [0, 0.1) is 5.92 Å². The van der Waals surface area contributed by atoms with Crippen molar-refractivity contribution in [2.75, 3.05) is 6.54 Å². The fourth-order valence-corrected chi connectivity index (χ4v) is 2.41. The predicted molar refractivity (Wildman–Crippen MR) is 62.5 cm³/mol. The predicted octanol–water partition coefficient (Wildman–Crippen LogP) is 1.81. The Hall–Kier alpha value is -0.570. The standard InChI is InChI=1S/C12H24N2O/c1-2-6-12(15)14-11(9-13)10-7-4-3-5-8-10/h10-11H,2-9,13H2,1H3,(H,14,15). The summed E-state index contributed by atoms with van der Waals surface area (Å²) in [6, 6.07) is 0.212. The van der Waals surface area contributed by atoms with E-state index in [0.717, 1.165) is 6.42 Å². The Morgan fingerprint density at radius 1 is 1.40 bits per heavy atom. The quantitative estimate of drug-likeness (QED) is 0.730. The highest BCUT2D eigenvalue weighted by molar-refractivity contribution is 5.76. The summed E-state index contributed by atoms with van der Waals surface area (Å²) in [4.78, 5) is 11.5. The first kappa shape index (κ1) is 12.5. The second kappa shape index (κ2) is 6.83. The number of nitrogens with two attached hydrogens (primary N) is 1. The highest BCUT2D eigenvalue weighted by Gasteiger charge is 2.23. The van der Waals surface area contributed by atoms with Crippen molar-refractivity contribution in [2.24, 2.45) is 11.7 Å². The van der Waals surface area contributed by atoms with Crippen molar-refractivity contribution in [3.8, 4) is 0 Å². The molecule has 0 heterocycles. The molecule has 1 unspecified atom stereocenters. The van der Waals surface area contributed by atoms with Crippen molar-refractivity contribution in [1.82, 2.24) is 5.32 Å². The molecule has 0 aromatic rings. The van der Waals surface area contributed by atoms with Gasteiger partial charge in [-0.2, -0.15) is 0 Å². The fraction of sp³-hybridized carbons (Fsp3) is 0.917. The zero-order valence-electron chi connectivity index (χ0n) is 9.80. The smallest absolute Gasteiger partial charge is 0.220 e. The molecule has 0 aromatic heterocycles. The number of rotatable bonds is 5. The molecule has 1 saturated carbocycles. The molecule has 3 nitrogen and oxygen atoms in total. The van der Waals surface area contributed by atoms with Crippen LogP contribution in [0.3, 0.4) is 0 Å². The second-order valence-corrected chi connectivity index (χ2v) is 4.56. The Bertz CT molecular complexity index is 188. The molecule has 0 aliphatic heterocycles. The van der Waals surface area contributed by atoms with Crippen LogP contribution in [-0.4, -0.2) is 18.5 Å². The number of hydrogen-bond acceptors (Lipinski definition) is 2. The molecule has 3 N–H and O–H groups in total. The monoisotopic (exact) mass is 212 g/mol. The Labute approximate surface area is 92.8 Å². The van der Waals surface area contributed by atoms with E-state index in [4.69, 9.17) is 5.73 Å². The molecule has 0 saturated heterocycles. The first-order valence-corrected chi connectivity index (χ1v) is 6.27. The SMILES string of the molecule is CCCC(=O)NC(CN)C1CCCCC1. The van der Waals surface area contributed by atoms with Gasteiger partial charge in [0.05, 0.1) is 0 Å². The normalized spacial score (nSPS) is 19.9. The number of hydrogen-bond donors (Lipinski definition) is 2. The molecular formula is C12H24N2O. The van der Waals surface area contributed by atoms with Crippen LogP contribution >= 0.6 is 0 Å². The Balaban J connectivity index is 2.36. The first-order valence-electron chi connectivity index (χ1n) is 6.27. The maximum Gasteiger partial charge on any atom is 0.220 e. The van der Waals surface area contributed by atoms with Crippen molar-refractivity contribution in [3.05, 3.63) is 0 Å².